The molecular formula is C26H18N2O9S2. The van der Waals surface area contributed by atoms with Crippen LogP contribution in [-0.2, 0) is 31.2 Å². The maximum atomic E-state index is 13.1. The van der Waals surface area contributed by atoms with Gasteiger partial charge in [-0.2, -0.15) is 0 Å². The first-order valence-electron chi connectivity index (χ1n) is 11.3. The van der Waals surface area contributed by atoms with Gasteiger partial charge in [-0.15, -0.1) is 0 Å². The number of hydrogen-bond donors (Lipinski definition) is 0. The lowest BCUT2D eigenvalue weighted by atomic mass is 10.1. The first-order chi connectivity index (χ1) is 18.4. The summed E-state index contributed by atoms with van der Waals surface area (Å²) in [6.45, 7) is 0. The van der Waals surface area contributed by atoms with Gasteiger partial charge in [-0.25, -0.2) is 16.8 Å². The highest BCUT2D eigenvalue weighted by Crippen LogP contribution is 2.33. The smallest absolute Gasteiger partial charge is 0.269 e. The Kier molecular flexibility index (Phi) is 6.40. The molecule has 0 saturated carbocycles. The Labute approximate surface area is 221 Å². The molecule has 1 heterocycles. The Morgan fingerprint density at radius 1 is 0.564 bits per heavy atom. The van der Waals surface area contributed by atoms with Crippen molar-refractivity contribution in [1.29, 1.82) is 0 Å². The third-order valence-electron chi connectivity index (χ3n) is 6.14. The molecule has 0 N–H and O–H groups in total. The summed E-state index contributed by atoms with van der Waals surface area (Å²) in [6.07, 6.45) is 0. The molecule has 5 rings (SSSR count). The first-order valence-corrected chi connectivity index (χ1v) is 14.6. The number of nitrogens with zero attached hydrogens (tertiary/aromatic N) is 2. The van der Waals surface area contributed by atoms with E-state index < -0.39 is 29.5 Å². The van der Waals surface area contributed by atoms with Gasteiger partial charge < -0.3 is 4.42 Å². The van der Waals surface area contributed by atoms with Gasteiger partial charge in [0.25, 0.3) is 11.4 Å². The zero-order valence-corrected chi connectivity index (χ0v) is 21.5. The third-order valence-corrected chi connectivity index (χ3v) is 9.51. The molecule has 0 aliphatic rings. The van der Waals surface area contributed by atoms with Crippen molar-refractivity contribution in [3.8, 4) is 0 Å². The summed E-state index contributed by atoms with van der Waals surface area (Å²) in [5.74, 6) is -0.775. The minimum absolute atomic E-state index is 0.0183. The van der Waals surface area contributed by atoms with Crippen LogP contribution in [0.3, 0.4) is 0 Å². The van der Waals surface area contributed by atoms with Gasteiger partial charge in [-0.05, 0) is 47.5 Å². The summed E-state index contributed by atoms with van der Waals surface area (Å²) in [7, 11) is -7.70. The molecular weight excluding hydrogens is 548 g/mol. The number of sulfone groups is 2. The quantitative estimate of drug-likeness (QED) is 0.177. The Bertz CT molecular complexity index is 1840. The number of furan rings is 1. The Morgan fingerprint density at radius 3 is 1.26 bits per heavy atom. The molecule has 4 aromatic carbocycles. The molecule has 1 aromatic heterocycles. The lowest BCUT2D eigenvalue weighted by Gasteiger charge is -2.06. The van der Waals surface area contributed by atoms with Crippen molar-refractivity contribution >= 4 is 53.0 Å². The summed E-state index contributed by atoms with van der Waals surface area (Å²) in [6, 6.07) is 19.0. The fraction of sp³-hybridized carbons (Fsp3) is 0.0769. The normalized spacial score (nSPS) is 12.1. The first kappa shape index (κ1) is 26.0. The van der Waals surface area contributed by atoms with Gasteiger partial charge in [0.1, 0.15) is 11.2 Å². The molecule has 0 atom stereocenters. The molecule has 0 bridgehead atoms. The number of fused-ring (bicyclic) bond motifs is 3. The fourth-order valence-electron chi connectivity index (χ4n) is 4.16. The van der Waals surface area contributed by atoms with Crippen molar-refractivity contribution in [1.82, 2.24) is 0 Å². The van der Waals surface area contributed by atoms with Gasteiger partial charge >= 0.3 is 0 Å². The average Bonchev–Trinajstić information content (AvgIpc) is 3.26. The molecule has 39 heavy (non-hydrogen) atoms. The lowest BCUT2D eigenvalue weighted by Crippen LogP contribution is -2.05. The van der Waals surface area contributed by atoms with E-state index in [0.29, 0.717) is 33.1 Å². The molecule has 11 nitrogen and oxygen atoms in total. The molecule has 0 amide bonds. The second kappa shape index (κ2) is 9.60. The van der Waals surface area contributed by atoms with Gasteiger partial charge in [0.05, 0.1) is 31.1 Å². The zero-order valence-electron chi connectivity index (χ0n) is 19.9. The van der Waals surface area contributed by atoms with Gasteiger partial charge in [0.2, 0.25) is 0 Å². The number of nitro benzene ring substituents is 2. The van der Waals surface area contributed by atoms with Crippen LogP contribution in [0.4, 0.5) is 11.4 Å². The Balaban J connectivity index is 1.48. The minimum atomic E-state index is -3.85. The SMILES string of the molecule is O=[N+]([O-])c1ccc(CS(=O)(=O)c2ccc3oc4ccc(S(=O)(=O)Cc5ccc([N+](=O)[O-])cc5)cc4c3c2)cc1. The lowest BCUT2D eigenvalue weighted by molar-refractivity contribution is -0.385. The van der Waals surface area contributed by atoms with Crippen molar-refractivity contribution < 1.29 is 31.1 Å². The third kappa shape index (κ3) is 5.22. The molecule has 0 fully saturated rings. The summed E-state index contributed by atoms with van der Waals surface area (Å²) in [4.78, 5) is 20.5. The van der Waals surface area contributed by atoms with Gasteiger partial charge in [0.15, 0.2) is 19.7 Å². The van der Waals surface area contributed by atoms with E-state index in [2.05, 4.69) is 0 Å². The molecule has 0 aliphatic carbocycles. The van der Waals surface area contributed by atoms with E-state index in [0.717, 1.165) is 0 Å². The van der Waals surface area contributed by atoms with Gasteiger partial charge in [-0.1, -0.05) is 24.3 Å². The average molecular weight is 567 g/mol. The molecule has 0 aliphatic heterocycles. The molecule has 0 unspecified atom stereocenters. The number of rotatable bonds is 8. The summed E-state index contributed by atoms with van der Waals surface area (Å²) < 4.78 is 58.2. The van der Waals surface area contributed by atoms with Crippen LogP contribution in [0.2, 0.25) is 0 Å². The van der Waals surface area contributed by atoms with E-state index in [4.69, 9.17) is 4.42 Å². The van der Waals surface area contributed by atoms with Crippen molar-refractivity contribution in [2.24, 2.45) is 0 Å². The topological polar surface area (TPSA) is 168 Å². The fourth-order valence-corrected chi connectivity index (χ4v) is 6.90. The largest absolute Gasteiger partial charge is 0.456 e. The van der Waals surface area contributed by atoms with Crippen LogP contribution in [-0.4, -0.2) is 26.7 Å². The maximum absolute atomic E-state index is 13.1. The van der Waals surface area contributed by atoms with Crippen LogP contribution in [0.5, 0.6) is 0 Å². The summed E-state index contributed by atoms with van der Waals surface area (Å²) in [5.41, 5.74) is 1.17. The number of hydrogen-bond acceptors (Lipinski definition) is 9. The highest BCUT2D eigenvalue weighted by atomic mass is 32.2. The summed E-state index contributed by atoms with van der Waals surface area (Å²) >= 11 is 0. The molecule has 13 heteroatoms. The van der Waals surface area contributed by atoms with E-state index >= 15 is 0 Å². The van der Waals surface area contributed by atoms with Crippen molar-refractivity contribution in [3.63, 3.8) is 0 Å². The summed E-state index contributed by atoms with van der Waals surface area (Å²) in [5, 5.41) is 22.5. The zero-order chi connectivity index (χ0) is 27.9. The number of nitro groups is 2. The van der Waals surface area contributed by atoms with Crippen LogP contribution >= 0.6 is 0 Å². The molecule has 0 radical (unpaired) electrons. The highest BCUT2D eigenvalue weighted by Gasteiger charge is 2.21. The van der Waals surface area contributed by atoms with E-state index in [1.165, 1.54) is 84.9 Å². The van der Waals surface area contributed by atoms with E-state index in [-0.39, 0.29) is 32.7 Å². The van der Waals surface area contributed by atoms with Gasteiger partial charge in [0, 0.05) is 35.0 Å². The van der Waals surface area contributed by atoms with Crippen molar-refractivity contribution in [3.05, 3.63) is 116 Å². The Hall–Kier alpha value is -4.62. The Morgan fingerprint density at radius 2 is 0.923 bits per heavy atom. The second-order valence-electron chi connectivity index (χ2n) is 8.78. The minimum Gasteiger partial charge on any atom is -0.456 e. The second-order valence-corrected chi connectivity index (χ2v) is 12.8. The predicted octanol–water partition coefficient (Wildman–Crippen LogP) is 5.35. The predicted molar refractivity (Wildman–Crippen MR) is 142 cm³/mol. The van der Waals surface area contributed by atoms with Crippen molar-refractivity contribution in [2.45, 2.75) is 21.3 Å². The molecule has 198 valence electrons. The van der Waals surface area contributed by atoms with Crippen molar-refractivity contribution in [2.75, 3.05) is 0 Å². The van der Waals surface area contributed by atoms with E-state index in [9.17, 15) is 37.1 Å². The number of non-ortho nitro benzene ring substituents is 2. The van der Waals surface area contributed by atoms with Crippen LogP contribution in [0.25, 0.3) is 21.9 Å². The molecule has 0 saturated heterocycles. The van der Waals surface area contributed by atoms with E-state index in [1.54, 1.807) is 0 Å². The van der Waals surface area contributed by atoms with E-state index in [1.807, 2.05) is 0 Å². The van der Waals surface area contributed by atoms with Crippen LogP contribution in [0, 0.1) is 20.2 Å². The molecule has 5 aromatic rings. The van der Waals surface area contributed by atoms with Crippen LogP contribution in [0.1, 0.15) is 11.1 Å². The highest BCUT2D eigenvalue weighted by molar-refractivity contribution is 7.91. The molecule has 0 spiro atoms. The van der Waals surface area contributed by atoms with Crippen LogP contribution in [0.15, 0.2) is 99.1 Å². The van der Waals surface area contributed by atoms with Gasteiger partial charge in [-0.3, -0.25) is 20.2 Å². The number of benzene rings is 4. The monoisotopic (exact) mass is 566 g/mol. The standard InChI is InChI=1S/C26H18N2O9S2/c29-27(30)19-5-1-17(2-6-19)15-38(33,34)21-9-11-25-23(13-21)24-14-22(10-12-26(24)37-25)39(35,36)16-18-3-7-20(8-4-18)28(31)32/h1-14H,15-16H2. The van der Waals surface area contributed by atoms with Crippen LogP contribution < -0.4 is 0 Å². The maximum Gasteiger partial charge on any atom is 0.269 e.